The second-order valence-corrected chi connectivity index (χ2v) is 6.95. The topological polar surface area (TPSA) is 36.5 Å². The lowest BCUT2D eigenvalue weighted by Crippen LogP contribution is -2.35. The van der Waals surface area contributed by atoms with Crippen LogP contribution in [0.2, 0.25) is 0 Å². The standard InChI is InChI=1S/C20H25N3OS/c1-15-11-16(2)13-19(12-15)22-20(25)21-18-5-3-17(4-6-18)14-23-7-9-24-10-8-23/h3-6,11-13H,7-10,14H2,1-2H3,(H2,21,22,25). The molecular weight excluding hydrogens is 330 g/mol. The van der Waals surface area contributed by atoms with E-state index in [0.29, 0.717) is 5.11 Å². The van der Waals surface area contributed by atoms with Crippen LogP contribution in [0, 0.1) is 13.8 Å². The van der Waals surface area contributed by atoms with Crippen molar-refractivity contribution in [1.82, 2.24) is 4.90 Å². The largest absolute Gasteiger partial charge is 0.379 e. The first-order valence-corrected chi connectivity index (χ1v) is 9.05. The molecule has 1 aliphatic heterocycles. The number of hydrogen-bond donors (Lipinski definition) is 2. The quantitative estimate of drug-likeness (QED) is 0.813. The summed E-state index contributed by atoms with van der Waals surface area (Å²) in [6.45, 7) is 8.81. The van der Waals surface area contributed by atoms with Gasteiger partial charge in [-0.15, -0.1) is 0 Å². The Balaban J connectivity index is 1.54. The van der Waals surface area contributed by atoms with Crippen molar-refractivity contribution in [3.8, 4) is 0 Å². The molecule has 4 nitrogen and oxygen atoms in total. The second kappa shape index (κ2) is 8.43. The van der Waals surface area contributed by atoms with Crippen molar-refractivity contribution >= 4 is 28.7 Å². The van der Waals surface area contributed by atoms with Gasteiger partial charge in [-0.1, -0.05) is 18.2 Å². The number of ether oxygens (including phenoxy) is 1. The van der Waals surface area contributed by atoms with Gasteiger partial charge in [0.15, 0.2) is 5.11 Å². The van der Waals surface area contributed by atoms with Crippen LogP contribution < -0.4 is 10.6 Å². The third-order valence-corrected chi connectivity index (χ3v) is 4.41. The number of anilines is 2. The first kappa shape index (κ1) is 17.9. The second-order valence-electron chi connectivity index (χ2n) is 6.54. The molecule has 0 aromatic heterocycles. The van der Waals surface area contributed by atoms with Gasteiger partial charge in [-0.25, -0.2) is 0 Å². The monoisotopic (exact) mass is 355 g/mol. The van der Waals surface area contributed by atoms with Crippen LogP contribution in [0.15, 0.2) is 42.5 Å². The van der Waals surface area contributed by atoms with Crippen molar-refractivity contribution in [2.24, 2.45) is 0 Å². The molecule has 0 aliphatic carbocycles. The fourth-order valence-electron chi connectivity index (χ4n) is 3.05. The van der Waals surface area contributed by atoms with E-state index in [2.05, 4.69) is 71.8 Å². The average molecular weight is 356 g/mol. The SMILES string of the molecule is Cc1cc(C)cc(NC(=S)Nc2ccc(CN3CCOCC3)cc2)c1. The first-order valence-electron chi connectivity index (χ1n) is 8.64. The molecule has 5 heteroatoms. The highest BCUT2D eigenvalue weighted by Crippen LogP contribution is 2.16. The molecule has 0 bridgehead atoms. The summed E-state index contributed by atoms with van der Waals surface area (Å²) in [5, 5.41) is 7.10. The van der Waals surface area contributed by atoms with Crippen LogP contribution in [0.5, 0.6) is 0 Å². The van der Waals surface area contributed by atoms with E-state index < -0.39 is 0 Å². The molecule has 1 aliphatic rings. The molecule has 2 aromatic carbocycles. The Morgan fingerprint density at radius 3 is 2.20 bits per heavy atom. The molecule has 132 valence electrons. The minimum Gasteiger partial charge on any atom is -0.379 e. The lowest BCUT2D eigenvalue weighted by Gasteiger charge is -2.26. The number of hydrogen-bond acceptors (Lipinski definition) is 3. The predicted molar refractivity (Wildman–Crippen MR) is 108 cm³/mol. The molecule has 0 radical (unpaired) electrons. The average Bonchev–Trinajstić information content (AvgIpc) is 2.56. The van der Waals surface area contributed by atoms with E-state index in [0.717, 1.165) is 44.2 Å². The predicted octanol–water partition coefficient (Wildman–Crippen LogP) is 3.94. The van der Waals surface area contributed by atoms with Crippen LogP contribution >= 0.6 is 12.2 Å². The Bertz CT molecular complexity index is 704. The molecule has 1 heterocycles. The van der Waals surface area contributed by atoms with Crippen LogP contribution in [-0.2, 0) is 11.3 Å². The van der Waals surface area contributed by atoms with Gasteiger partial charge in [0.05, 0.1) is 13.2 Å². The first-order chi connectivity index (χ1) is 12.1. The van der Waals surface area contributed by atoms with Gasteiger partial charge in [-0.3, -0.25) is 4.90 Å². The summed E-state index contributed by atoms with van der Waals surface area (Å²) >= 11 is 5.42. The van der Waals surface area contributed by atoms with Gasteiger partial charge < -0.3 is 15.4 Å². The van der Waals surface area contributed by atoms with Crippen LogP contribution in [0.4, 0.5) is 11.4 Å². The number of benzene rings is 2. The van der Waals surface area contributed by atoms with E-state index >= 15 is 0 Å². The van der Waals surface area contributed by atoms with Crippen LogP contribution in [-0.4, -0.2) is 36.3 Å². The zero-order chi connectivity index (χ0) is 17.6. The minimum atomic E-state index is 0.603. The highest BCUT2D eigenvalue weighted by atomic mass is 32.1. The Labute approximate surface area is 155 Å². The van der Waals surface area contributed by atoms with Gasteiger partial charge in [-0.2, -0.15) is 0 Å². The number of rotatable bonds is 4. The maximum atomic E-state index is 5.42. The molecule has 0 atom stereocenters. The van der Waals surface area contributed by atoms with E-state index in [4.69, 9.17) is 17.0 Å². The van der Waals surface area contributed by atoms with Crippen molar-refractivity contribution in [3.05, 3.63) is 59.2 Å². The third kappa shape index (κ3) is 5.53. The van der Waals surface area contributed by atoms with Gasteiger partial charge in [0.1, 0.15) is 0 Å². The molecular formula is C20H25N3OS. The van der Waals surface area contributed by atoms with Crippen molar-refractivity contribution in [1.29, 1.82) is 0 Å². The summed E-state index contributed by atoms with van der Waals surface area (Å²) in [5.74, 6) is 0. The third-order valence-electron chi connectivity index (χ3n) is 4.20. The molecule has 1 fully saturated rings. The smallest absolute Gasteiger partial charge is 0.175 e. The van der Waals surface area contributed by atoms with Gasteiger partial charge in [0, 0.05) is 31.0 Å². The van der Waals surface area contributed by atoms with E-state index in [1.165, 1.54) is 16.7 Å². The summed E-state index contributed by atoms with van der Waals surface area (Å²) < 4.78 is 5.39. The molecule has 1 saturated heterocycles. The Morgan fingerprint density at radius 1 is 0.960 bits per heavy atom. The van der Waals surface area contributed by atoms with Crippen molar-refractivity contribution in [2.75, 3.05) is 36.9 Å². The minimum absolute atomic E-state index is 0.603. The van der Waals surface area contributed by atoms with Crippen LogP contribution in [0.25, 0.3) is 0 Å². The summed E-state index contributed by atoms with van der Waals surface area (Å²) in [6.07, 6.45) is 0. The van der Waals surface area contributed by atoms with Crippen molar-refractivity contribution in [3.63, 3.8) is 0 Å². The molecule has 0 amide bonds. The maximum Gasteiger partial charge on any atom is 0.175 e. The van der Waals surface area contributed by atoms with Gasteiger partial charge in [-0.05, 0) is 67.0 Å². The van der Waals surface area contributed by atoms with Crippen LogP contribution in [0.3, 0.4) is 0 Å². The fourth-order valence-corrected chi connectivity index (χ4v) is 3.29. The molecule has 0 saturated carbocycles. The van der Waals surface area contributed by atoms with E-state index in [1.807, 2.05) is 0 Å². The van der Waals surface area contributed by atoms with Gasteiger partial charge in [0.25, 0.3) is 0 Å². The lowest BCUT2D eigenvalue weighted by atomic mass is 10.1. The van der Waals surface area contributed by atoms with Gasteiger partial charge >= 0.3 is 0 Å². The van der Waals surface area contributed by atoms with E-state index in [1.54, 1.807) is 0 Å². The Hall–Kier alpha value is -1.95. The Morgan fingerprint density at radius 2 is 1.56 bits per heavy atom. The highest BCUT2D eigenvalue weighted by Gasteiger charge is 2.10. The zero-order valence-electron chi connectivity index (χ0n) is 14.8. The lowest BCUT2D eigenvalue weighted by molar-refractivity contribution is 0.0342. The number of thiocarbonyl (C=S) groups is 1. The maximum absolute atomic E-state index is 5.42. The number of nitrogens with zero attached hydrogens (tertiary/aromatic N) is 1. The van der Waals surface area contributed by atoms with E-state index in [9.17, 15) is 0 Å². The van der Waals surface area contributed by atoms with Crippen molar-refractivity contribution in [2.45, 2.75) is 20.4 Å². The number of aryl methyl sites for hydroxylation is 2. The number of nitrogens with one attached hydrogen (secondary N) is 2. The van der Waals surface area contributed by atoms with E-state index in [-0.39, 0.29) is 0 Å². The molecule has 25 heavy (non-hydrogen) atoms. The highest BCUT2D eigenvalue weighted by molar-refractivity contribution is 7.80. The number of morpholine rings is 1. The summed E-state index contributed by atoms with van der Waals surface area (Å²) in [6, 6.07) is 14.8. The summed E-state index contributed by atoms with van der Waals surface area (Å²) in [7, 11) is 0. The normalized spacial score (nSPS) is 15.0. The molecule has 0 spiro atoms. The van der Waals surface area contributed by atoms with Gasteiger partial charge in [0.2, 0.25) is 0 Å². The van der Waals surface area contributed by atoms with Crippen molar-refractivity contribution < 1.29 is 4.74 Å². The molecule has 0 unspecified atom stereocenters. The molecule has 2 aromatic rings. The Kier molecular flexibility index (Phi) is 6.02. The zero-order valence-corrected chi connectivity index (χ0v) is 15.7. The summed E-state index contributed by atoms with van der Waals surface area (Å²) in [4.78, 5) is 2.41. The molecule has 3 rings (SSSR count). The summed E-state index contributed by atoms with van der Waals surface area (Å²) in [5.41, 5.74) is 5.75. The molecule has 2 N–H and O–H groups in total. The van der Waals surface area contributed by atoms with Crippen LogP contribution in [0.1, 0.15) is 16.7 Å². The fraction of sp³-hybridized carbons (Fsp3) is 0.350.